The van der Waals surface area contributed by atoms with E-state index >= 15 is 0 Å². The van der Waals surface area contributed by atoms with Crippen LogP contribution < -0.4 is 10.9 Å². The van der Waals surface area contributed by atoms with E-state index in [9.17, 15) is 4.79 Å². The average Bonchev–Trinajstić information content (AvgIpc) is 2.51. The number of hydrogen-bond acceptors (Lipinski definition) is 3. The van der Waals surface area contributed by atoms with Gasteiger partial charge in [-0.15, -0.1) is 0 Å². The van der Waals surface area contributed by atoms with Gasteiger partial charge in [0.15, 0.2) is 0 Å². The Morgan fingerprint density at radius 1 is 0.818 bits per heavy atom. The van der Waals surface area contributed by atoms with Gasteiger partial charge in [-0.05, 0) is 36.1 Å². The summed E-state index contributed by atoms with van der Waals surface area (Å²) >= 11 is 0. The number of aryl methyl sites for hydroxylation is 2. The van der Waals surface area contributed by atoms with Crippen molar-refractivity contribution in [1.82, 2.24) is 10.9 Å². The van der Waals surface area contributed by atoms with Gasteiger partial charge in [-0.2, -0.15) is 10.2 Å². The summed E-state index contributed by atoms with van der Waals surface area (Å²) in [4.78, 5) is 11.5. The van der Waals surface area contributed by atoms with Crippen LogP contribution in [-0.4, -0.2) is 18.5 Å². The van der Waals surface area contributed by atoms with Crippen molar-refractivity contribution in [2.75, 3.05) is 0 Å². The zero-order chi connectivity index (χ0) is 15.8. The van der Waals surface area contributed by atoms with E-state index in [1.165, 1.54) is 0 Å². The monoisotopic (exact) mass is 294 g/mol. The molecule has 2 N–H and O–H groups in total. The van der Waals surface area contributed by atoms with Gasteiger partial charge in [-0.1, -0.05) is 48.5 Å². The van der Waals surface area contributed by atoms with Crippen molar-refractivity contribution in [1.29, 1.82) is 0 Å². The van der Waals surface area contributed by atoms with Crippen LogP contribution in [0.5, 0.6) is 0 Å². The summed E-state index contributed by atoms with van der Waals surface area (Å²) in [5.41, 5.74) is 8.81. The Kier molecular flexibility index (Phi) is 5.43. The smallest absolute Gasteiger partial charge is 0.245 e. The van der Waals surface area contributed by atoms with Crippen molar-refractivity contribution in [3.8, 4) is 0 Å². The van der Waals surface area contributed by atoms with E-state index in [-0.39, 0.29) is 0 Å². The highest BCUT2D eigenvalue weighted by Crippen LogP contribution is 2.03. The van der Waals surface area contributed by atoms with Gasteiger partial charge in [-0.25, -0.2) is 15.6 Å². The fourth-order valence-electron chi connectivity index (χ4n) is 1.81. The first kappa shape index (κ1) is 15.4. The van der Waals surface area contributed by atoms with E-state index in [1.54, 1.807) is 12.4 Å². The Morgan fingerprint density at radius 2 is 1.23 bits per heavy atom. The molecule has 5 heteroatoms. The number of benzene rings is 2. The molecule has 112 valence electrons. The van der Waals surface area contributed by atoms with Crippen LogP contribution in [0.15, 0.2) is 58.7 Å². The molecule has 0 radical (unpaired) electrons. The molecule has 0 aliphatic rings. The molecule has 2 rings (SSSR count). The first-order valence-corrected chi connectivity index (χ1v) is 6.90. The summed E-state index contributed by atoms with van der Waals surface area (Å²) in [5.74, 6) is 0. The second-order valence-electron chi connectivity index (χ2n) is 4.78. The van der Waals surface area contributed by atoms with Crippen molar-refractivity contribution >= 4 is 18.5 Å². The summed E-state index contributed by atoms with van der Waals surface area (Å²) in [6.45, 7) is 3.96. The Bertz CT molecular complexity index is 648. The van der Waals surface area contributed by atoms with Crippen LogP contribution in [0.2, 0.25) is 0 Å². The molecule has 0 heterocycles. The van der Waals surface area contributed by atoms with E-state index in [4.69, 9.17) is 0 Å². The van der Waals surface area contributed by atoms with E-state index in [1.807, 2.05) is 62.4 Å². The van der Waals surface area contributed by atoms with Crippen LogP contribution in [0.1, 0.15) is 22.3 Å². The predicted molar refractivity (Wildman–Crippen MR) is 89.2 cm³/mol. The molecule has 0 bridgehead atoms. The molecule has 0 atom stereocenters. The highest BCUT2D eigenvalue weighted by molar-refractivity contribution is 5.85. The molecule has 2 aromatic carbocycles. The summed E-state index contributed by atoms with van der Waals surface area (Å²) in [5, 5.41) is 7.77. The summed E-state index contributed by atoms with van der Waals surface area (Å²) in [6.07, 6.45) is 3.19. The topological polar surface area (TPSA) is 65.8 Å². The predicted octanol–water partition coefficient (Wildman–Crippen LogP) is 2.97. The summed E-state index contributed by atoms with van der Waals surface area (Å²) in [6, 6.07) is 15.1. The maximum absolute atomic E-state index is 11.5. The van der Waals surface area contributed by atoms with Gasteiger partial charge in [-0.3, -0.25) is 0 Å². The molecule has 0 saturated carbocycles. The largest absolute Gasteiger partial charge is 0.355 e. The molecule has 0 saturated heterocycles. The average molecular weight is 294 g/mol. The molecular weight excluding hydrogens is 276 g/mol. The standard InChI is InChI=1S/C17H18N4O/c1-13-7-3-5-9-15(13)11-18-20-17(22)21-19-12-16-10-6-4-8-14(16)2/h3-12H,1-2H3,(H2,20,21,22)/b18-11+,19-12+. The van der Waals surface area contributed by atoms with Gasteiger partial charge in [0.05, 0.1) is 12.4 Å². The van der Waals surface area contributed by atoms with Gasteiger partial charge in [0, 0.05) is 0 Å². The van der Waals surface area contributed by atoms with Gasteiger partial charge in [0.25, 0.3) is 0 Å². The number of hydrazone groups is 2. The number of nitrogens with zero attached hydrogens (tertiary/aromatic N) is 2. The SMILES string of the molecule is Cc1ccccc1/C=N/NC(=O)N/N=C/c1ccccc1C. The fourth-order valence-corrected chi connectivity index (χ4v) is 1.81. The fraction of sp³-hybridized carbons (Fsp3) is 0.118. The molecule has 2 aromatic rings. The van der Waals surface area contributed by atoms with Gasteiger partial charge < -0.3 is 0 Å². The van der Waals surface area contributed by atoms with Crippen LogP contribution in [-0.2, 0) is 0 Å². The molecule has 0 aromatic heterocycles. The van der Waals surface area contributed by atoms with Crippen LogP contribution in [0.3, 0.4) is 0 Å². The summed E-state index contributed by atoms with van der Waals surface area (Å²) < 4.78 is 0. The minimum absolute atomic E-state index is 0.491. The van der Waals surface area contributed by atoms with Crippen molar-refractivity contribution in [2.45, 2.75) is 13.8 Å². The first-order valence-electron chi connectivity index (χ1n) is 6.90. The van der Waals surface area contributed by atoms with Gasteiger partial charge in [0.2, 0.25) is 0 Å². The molecular formula is C17H18N4O. The van der Waals surface area contributed by atoms with E-state index in [0.717, 1.165) is 22.3 Å². The molecule has 5 nitrogen and oxygen atoms in total. The number of carbonyl (C=O) groups excluding carboxylic acids is 1. The lowest BCUT2D eigenvalue weighted by molar-refractivity contribution is 0.242. The Hall–Kier alpha value is -2.95. The quantitative estimate of drug-likeness (QED) is 0.660. The second-order valence-corrected chi connectivity index (χ2v) is 4.78. The zero-order valence-corrected chi connectivity index (χ0v) is 12.6. The molecule has 0 fully saturated rings. The van der Waals surface area contributed by atoms with Gasteiger partial charge in [0.1, 0.15) is 0 Å². The summed E-state index contributed by atoms with van der Waals surface area (Å²) in [7, 11) is 0. The molecule has 2 amide bonds. The Morgan fingerprint density at radius 3 is 1.64 bits per heavy atom. The highest BCUT2D eigenvalue weighted by atomic mass is 16.2. The van der Waals surface area contributed by atoms with Crippen LogP contribution in [0.4, 0.5) is 4.79 Å². The third kappa shape index (κ3) is 4.56. The molecule has 0 aliphatic heterocycles. The molecule has 0 spiro atoms. The van der Waals surface area contributed by atoms with E-state index < -0.39 is 6.03 Å². The lowest BCUT2D eigenvalue weighted by Gasteiger charge is -2.00. The lowest BCUT2D eigenvalue weighted by atomic mass is 10.1. The number of nitrogens with one attached hydrogen (secondary N) is 2. The number of carbonyl (C=O) groups is 1. The minimum atomic E-state index is -0.491. The maximum Gasteiger partial charge on any atom is 0.355 e. The number of amides is 2. The number of rotatable bonds is 4. The van der Waals surface area contributed by atoms with Crippen LogP contribution in [0, 0.1) is 13.8 Å². The molecule has 0 aliphatic carbocycles. The Balaban J connectivity index is 1.84. The molecule has 0 unspecified atom stereocenters. The zero-order valence-electron chi connectivity index (χ0n) is 12.6. The third-order valence-electron chi connectivity index (χ3n) is 3.12. The maximum atomic E-state index is 11.5. The van der Waals surface area contributed by atoms with Crippen LogP contribution >= 0.6 is 0 Å². The first-order chi connectivity index (χ1) is 10.7. The third-order valence-corrected chi connectivity index (χ3v) is 3.12. The van der Waals surface area contributed by atoms with Crippen molar-refractivity contribution in [3.63, 3.8) is 0 Å². The Labute approximate surface area is 129 Å². The van der Waals surface area contributed by atoms with E-state index in [2.05, 4.69) is 21.1 Å². The van der Waals surface area contributed by atoms with Gasteiger partial charge >= 0.3 is 6.03 Å². The normalized spacial score (nSPS) is 11.0. The van der Waals surface area contributed by atoms with E-state index in [0.29, 0.717) is 0 Å². The number of hydrogen-bond donors (Lipinski definition) is 2. The number of urea groups is 1. The van der Waals surface area contributed by atoms with Crippen molar-refractivity contribution < 1.29 is 4.79 Å². The highest BCUT2D eigenvalue weighted by Gasteiger charge is 1.96. The lowest BCUT2D eigenvalue weighted by Crippen LogP contribution is -2.28. The second kappa shape index (κ2) is 7.73. The van der Waals surface area contributed by atoms with Crippen molar-refractivity contribution in [3.05, 3.63) is 70.8 Å². The van der Waals surface area contributed by atoms with Crippen molar-refractivity contribution in [2.24, 2.45) is 10.2 Å². The minimum Gasteiger partial charge on any atom is -0.245 e. The molecule has 22 heavy (non-hydrogen) atoms. The van der Waals surface area contributed by atoms with Crippen LogP contribution in [0.25, 0.3) is 0 Å².